The van der Waals surface area contributed by atoms with Crippen LogP contribution >= 0.6 is 11.3 Å². The molecular formula is C21H27N3O3S2. The van der Waals surface area contributed by atoms with E-state index >= 15 is 0 Å². The van der Waals surface area contributed by atoms with Crippen LogP contribution in [0.25, 0.3) is 0 Å². The quantitative estimate of drug-likeness (QED) is 0.760. The van der Waals surface area contributed by atoms with E-state index in [-0.39, 0.29) is 5.91 Å². The molecule has 2 aromatic rings. The third-order valence-corrected chi connectivity index (χ3v) is 8.51. The van der Waals surface area contributed by atoms with E-state index in [1.807, 2.05) is 24.4 Å². The minimum atomic E-state index is -3.68. The highest BCUT2D eigenvalue weighted by Gasteiger charge is 2.39. The third kappa shape index (κ3) is 4.39. The number of aromatic nitrogens is 1. The Balaban J connectivity index is 1.44. The molecule has 156 valence electrons. The van der Waals surface area contributed by atoms with Crippen molar-refractivity contribution in [2.45, 2.75) is 62.8 Å². The zero-order chi connectivity index (χ0) is 20.4. The highest BCUT2D eigenvalue weighted by Crippen LogP contribution is 2.29. The summed E-state index contributed by atoms with van der Waals surface area (Å²) in [5.74, 6) is -0.212. The number of fused-ring (bicyclic) bond motifs is 1. The topological polar surface area (TPSA) is 79.4 Å². The first-order valence-electron chi connectivity index (χ1n) is 10.3. The molecule has 0 radical (unpaired) electrons. The van der Waals surface area contributed by atoms with Crippen molar-refractivity contribution in [2.24, 2.45) is 0 Å². The summed E-state index contributed by atoms with van der Waals surface area (Å²) in [6, 6.07) is 4.84. The van der Waals surface area contributed by atoms with E-state index in [4.69, 9.17) is 0 Å². The van der Waals surface area contributed by atoms with Crippen LogP contribution in [0.3, 0.4) is 0 Å². The molecular weight excluding hydrogens is 406 g/mol. The zero-order valence-corrected chi connectivity index (χ0v) is 18.3. The lowest BCUT2D eigenvalue weighted by Gasteiger charge is -2.24. The van der Waals surface area contributed by atoms with Crippen molar-refractivity contribution < 1.29 is 13.2 Å². The fraction of sp³-hybridized carbons (Fsp3) is 0.524. The Labute approximate surface area is 176 Å². The molecule has 2 heterocycles. The predicted octanol–water partition coefficient (Wildman–Crippen LogP) is 2.84. The molecule has 0 spiro atoms. The van der Waals surface area contributed by atoms with Gasteiger partial charge in [0.05, 0.1) is 15.6 Å². The van der Waals surface area contributed by atoms with Crippen molar-refractivity contribution in [3.8, 4) is 0 Å². The molecule has 1 aliphatic carbocycles. The molecule has 8 heteroatoms. The van der Waals surface area contributed by atoms with Gasteiger partial charge in [0.2, 0.25) is 15.9 Å². The molecule has 0 bridgehead atoms. The number of nitrogens with one attached hydrogen (secondary N) is 1. The van der Waals surface area contributed by atoms with Gasteiger partial charge in [-0.3, -0.25) is 4.79 Å². The van der Waals surface area contributed by atoms with Crippen LogP contribution in [-0.4, -0.2) is 42.7 Å². The van der Waals surface area contributed by atoms with Gasteiger partial charge in [0.15, 0.2) is 0 Å². The number of benzene rings is 1. The van der Waals surface area contributed by atoms with Gasteiger partial charge in [-0.15, -0.1) is 11.3 Å². The lowest BCUT2D eigenvalue weighted by atomic mass is 9.92. The second kappa shape index (κ2) is 8.53. The van der Waals surface area contributed by atoms with Crippen LogP contribution in [-0.2, 0) is 34.1 Å². The van der Waals surface area contributed by atoms with Gasteiger partial charge >= 0.3 is 0 Å². The Morgan fingerprint density at radius 1 is 1.24 bits per heavy atom. The predicted molar refractivity (Wildman–Crippen MR) is 114 cm³/mol. The van der Waals surface area contributed by atoms with E-state index in [0.717, 1.165) is 41.9 Å². The Hall–Kier alpha value is -1.77. The van der Waals surface area contributed by atoms with Crippen molar-refractivity contribution >= 4 is 27.3 Å². The molecule has 1 aromatic carbocycles. The van der Waals surface area contributed by atoms with Crippen molar-refractivity contribution in [1.29, 1.82) is 0 Å². The molecule has 1 aliphatic heterocycles. The fourth-order valence-corrected chi connectivity index (χ4v) is 6.60. The molecule has 1 atom stereocenters. The van der Waals surface area contributed by atoms with Crippen molar-refractivity contribution in [3.63, 3.8) is 0 Å². The number of amides is 1. The SMILES string of the molecule is Cc1nc(CCNC(=O)C2CCCN2S(=O)(=O)c2ccc3c(c2)CCCC3)cs1. The minimum absolute atomic E-state index is 0.212. The van der Waals surface area contributed by atoms with Crippen molar-refractivity contribution in [2.75, 3.05) is 13.1 Å². The summed E-state index contributed by atoms with van der Waals surface area (Å²) in [5.41, 5.74) is 3.34. The Morgan fingerprint density at radius 2 is 2.03 bits per heavy atom. The Bertz CT molecular complexity index is 1000. The highest BCUT2D eigenvalue weighted by atomic mass is 32.2. The van der Waals surface area contributed by atoms with Crippen LogP contribution in [0.2, 0.25) is 0 Å². The first-order chi connectivity index (χ1) is 13.9. The second-order valence-corrected chi connectivity index (χ2v) is 10.8. The molecule has 2 aliphatic rings. The average molecular weight is 434 g/mol. The number of nitrogens with zero attached hydrogens (tertiary/aromatic N) is 2. The summed E-state index contributed by atoms with van der Waals surface area (Å²) in [6.45, 7) is 2.81. The lowest BCUT2D eigenvalue weighted by Crippen LogP contribution is -2.46. The minimum Gasteiger partial charge on any atom is -0.354 e. The zero-order valence-electron chi connectivity index (χ0n) is 16.7. The van der Waals surface area contributed by atoms with Gasteiger partial charge in [0.1, 0.15) is 6.04 Å². The standard InChI is InChI=1S/C21H27N3O3S2/c1-15-23-18(14-28-15)10-11-22-21(25)20-7-4-12-24(20)29(26,27)19-9-8-16-5-2-3-6-17(16)13-19/h8-9,13-14,20H,2-7,10-12H2,1H3,(H,22,25). The van der Waals surface area contributed by atoms with E-state index in [1.54, 1.807) is 17.4 Å². The van der Waals surface area contributed by atoms with E-state index in [0.29, 0.717) is 37.2 Å². The highest BCUT2D eigenvalue weighted by molar-refractivity contribution is 7.89. The number of carbonyl (C=O) groups excluding carboxylic acids is 1. The van der Waals surface area contributed by atoms with Crippen LogP contribution < -0.4 is 5.32 Å². The molecule has 6 nitrogen and oxygen atoms in total. The van der Waals surface area contributed by atoms with E-state index in [2.05, 4.69) is 10.3 Å². The summed E-state index contributed by atoms with van der Waals surface area (Å²) in [6.07, 6.45) is 6.12. The maximum absolute atomic E-state index is 13.3. The molecule has 1 fully saturated rings. The molecule has 1 aromatic heterocycles. The van der Waals surface area contributed by atoms with Gasteiger partial charge in [-0.05, 0) is 68.7 Å². The molecule has 1 N–H and O–H groups in total. The summed E-state index contributed by atoms with van der Waals surface area (Å²) < 4.78 is 27.9. The molecule has 1 amide bonds. The average Bonchev–Trinajstić information content (AvgIpc) is 3.37. The van der Waals surface area contributed by atoms with Crippen molar-refractivity contribution in [1.82, 2.24) is 14.6 Å². The molecule has 29 heavy (non-hydrogen) atoms. The normalized spacial score (nSPS) is 19.8. The number of hydrogen-bond acceptors (Lipinski definition) is 5. The van der Waals surface area contributed by atoms with Crippen molar-refractivity contribution in [3.05, 3.63) is 45.4 Å². The smallest absolute Gasteiger partial charge is 0.243 e. The van der Waals surface area contributed by atoms with Gasteiger partial charge in [-0.25, -0.2) is 13.4 Å². The Kier molecular flexibility index (Phi) is 6.03. The first kappa shape index (κ1) is 20.5. The maximum atomic E-state index is 13.3. The third-order valence-electron chi connectivity index (χ3n) is 5.78. The number of thiazole rings is 1. The van der Waals surface area contributed by atoms with Crippen LogP contribution in [0.1, 0.15) is 47.5 Å². The van der Waals surface area contributed by atoms with E-state index < -0.39 is 16.1 Å². The maximum Gasteiger partial charge on any atom is 0.243 e. The van der Waals surface area contributed by atoms with E-state index in [1.165, 1.54) is 9.87 Å². The number of aryl methyl sites for hydroxylation is 3. The number of hydrogen-bond donors (Lipinski definition) is 1. The van der Waals surface area contributed by atoms with E-state index in [9.17, 15) is 13.2 Å². The van der Waals surface area contributed by atoms with Gasteiger partial charge in [0.25, 0.3) is 0 Å². The van der Waals surface area contributed by atoms with Gasteiger partial charge in [-0.2, -0.15) is 4.31 Å². The number of sulfonamides is 1. The van der Waals surface area contributed by atoms with Crippen LogP contribution in [0.15, 0.2) is 28.5 Å². The van der Waals surface area contributed by atoms with Gasteiger partial charge in [0, 0.05) is 24.9 Å². The Morgan fingerprint density at radius 3 is 2.79 bits per heavy atom. The number of carbonyl (C=O) groups is 1. The van der Waals surface area contributed by atoms with Crippen LogP contribution in [0, 0.1) is 6.92 Å². The van der Waals surface area contributed by atoms with Crippen LogP contribution in [0.5, 0.6) is 0 Å². The largest absolute Gasteiger partial charge is 0.354 e. The van der Waals surface area contributed by atoms with Gasteiger partial charge < -0.3 is 5.32 Å². The fourth-order valence-electron chi connectivity index (χ4n) is 4.25. The summed E-state index contributed by atoms with van der Waals surface area (Å²) in [5, 5.41) is 5.90. The molecule has 4 rings (SSSR count). The summed E-state index contributed by atoms with van der Waals surface area (Å²) >= 11 is 1.59. The van der Waals surface area contributed by atoms with Crippen LogP contribution in [0.4, 0.5) is 0 Å². The second-order valence-electron chi connectivity index (χ2n) is 7.81. The molecule has 1 saturated heterocycles. The van der Waals surface area contributed by atoms with Gasteiger partial charge in [-0.1, -0.05) is 6.07 Å². The summed E-state index contributed by atoms with van der Waals surface area (Å²) in [7, 11) is -3.68. The first-order valence-corrected chi connectivity index (χ1v) is 12.6. The number of rotatable bonds is 6. The molecule has 0 saturated carbocycles. The molecule has 1 unspecified atom stereocenters. The lowest BCUT2D eigenvalue weighted by molar-refractivity contribution is -0.124. The monoisotopic (exact) mass is 433 g/mol. The summed E-state index contributed by atoms with van der Waals surface area (Å²) in [4.78, 5) is 17.4.